The van der Waals surface area contributed by atoms with Crippen LogP contribution in [0, 0.1) is 13.8 Å². The van der Waals surface area contributed by atoms with Crippen LogP contribution in [0.25, 0.3) is 11.0 Å². The van der Waals surface area contributed by atoms with Gasteiger partial charge in [-0.05, 0) is 13.8 Å². The highest BCUT2D eigenvalue weighted by Crippen LogP contribution is 2.09. The van der Waals surface area contributed by atoms with Crippen molar-refractivity contribution in [1.29, 1.82) is 0 Å². The second-order valence-corrected chi connectivity index (χ2v) is 3.11. The van der Waals surface area contributed by atoms with E-state index in [4.69, 9.17) is 8.83 Å². The van der Waals surface area contributed by atoms with Gasteiger partial charge in [0.15, 0.2) is 10.8 Å². The van der Waals surface area contributed by atoms with Gasteiger partial charge in [0, 0.05) is 12.1 Å². The van der Waals surface area contributed by atoms with Gasteiger partial charge in [-0.25, -0.2) is 4.79 Å². The summed E-state index contributed by atoms with van der Waals surface area (Å²) in [4.78, 5) is 22.7. The van der Waals surface area contributed by atoms with Gasteiger partial charge in [0.1, 0.15) is 17.1 Å². The van der Waals surface area contributed by atoms with Gasteiger partial charge >= 0.3 is 5.63 Å². The maximum atomic E-state index is 11.4. The highest BCUT2D eigenvalue weighted by Gasteiger charge is 2.08. The fraction of sp³-hybridized carbons (Fsp3) is 0.200. The Hall–Kier alpha value is -1.84. The minimum absolute atomic E-state index is 0.0267. The van der Waals surface area contributed by atoms with Crippen molar-refractivity contribution in [1.82, 2.24) is 0 Å². The normalized spacial score (nSPS) is 10.7. The summed E-state index contributed by atoms with van der Waals surface area (Å²) in [5.41, 5.74) is -0.727. The lowest BCUT2D eigenvalue weighted by atomic mass is 10.2. The molecule has 14 heavy (non-hydrogen) atoms. The second-order valence-electron chi connectivity index (χ2n) is 3.11. The molecule has 0 saturated heterocycles. The Balaban J connectivity index is 3.10. The van der Waals surface area contributed by atoms with Crippen molar-refractivity contribution in [2.75, 3.05) is 0 Å². The molecule has 0 spiro atoms. The summed E-state index contributed by atoms with van der Waals surface area (Å²) in [6.45, 7) is 3.29. The maximum Gasteiger partial charge on any atom is 0.351 e. The molecule has 0 bridgehead atoms. The molecule has 0 atom stereocenters. The van der Waals surface area contributed by atoms with Crippen LogP contribution in [-0.4, -0.2) is 0 Å². The van der Waals surface area contributed by atoms with E-state index in [2.05, 4.69) is 0 Å². The van der Waals surface area contributed by atoms with Crippen LogP contribution < -0.4 is 11.1 Å². The summed E-state index contributed by atoms with van der Waals surface area (Å²) in [5, 5.41) is -0.0267. The van der Waals surface area contributed by atoms with E-state index in [1.54, 1.807) is 13.8 Å². The third-order valence-corrected chi connectivity index (χ3v) is 1.89. The molecule has 0 saturated carbocycles. The van der Waals surface area contributed by atoms with Gasteiger partial charge in [0.05, 0.1) is 0 Å². The van der Waals surface area contributed by atoms with Crippen LogP contribution in [0.5, 0.6) is 0 Å². The van der Waals surface area contributed by atoms with Crippen LogP contribution in [0.1, 0.15) is 11.5 Å². The minimum Gasteiger partial charge on any atom is -0.461 e. The first-order valence-corrected chi connectivity index (χ1v) is 4.13. The Morgan fingerprint density at radius 1 is 1.00 bits per heavy atom. The number of hydrogen-bond acceptors (Lipinski definition) is 4. The van der Waals surface area contributed by atoms with E-state index in [9.17, 15) is 9.59 Å². The maximum absolute atomic E-state index is 11.4. The molecule has 2 aromatic rings. The Morgan fingerprint density at radius 2 is 1.64 bits per heavy atom. The third kappa shape index (κ3) is 1.25. The van der Waals surface area contributed by atoms with Crippen molar-refractivity contribution < 1.29 is 8.83 Å². The van der Waals surface area contributed by atoms with E-state index in [0.29, 0.717) is 11.5 Å². The molecule has 72 valence electrons. The number of fused-ring (bicyclic) bond motifs is 1. The van der Waals surface area contributed by atoms with E-state index in [-0.39, 0.29) is 16.4 Å². The summed E-state index contributed by atoms with van der Waals surface area (Å²) >= 11 is 0. The van der Waals surface area contributed by atoms with Gasteiger partial charge in [-0.1, -0.05) is 0 Å². The fourth-order valence-corrected chi connectivity index (χ4v) is 1.35. The largest absolute Gasteiger partial charge is 0.461 e. The van der Waals surface area contributed by atoms with E-state index in [1.165, 1.54) is 12.1 Å². The van der Waals surface area contributed by atoms with Crippen LogP contribution in [0.15, 0.2) is 30.6 Å². The van der Waals surface area contributed by atoms with Crippen LogP contribution in [0.3, 0.4) is 0 Å². The molecule has 2 heterocycles. The summed E-state index contributed by atoms with van der Waals surface area (Å²) in [6, 6.07) is 2.81. The molecular weight excluding hydrogens is 184 g/mol. The zero-order chi connectivity index (χ0) is 10.3. The molecular formula is C10H8O4. The summed E-state index contributed by atoms with van der Waals surface area (Å²) in [7, 11) is 0. The Bertz CT molecular complexity index is 553. The molecule has 0 aromatic carbocycles. The van der Waals surface area contributed by atoms with Crippen LogP contribution in [0.4, 0.5) is 0 Å². The van der Waals surface area contributed by atoms with Gasteiger partial charge in [-0.2, -0.15) is 0 Å². The molecule has 0 unspecified atom stereocenters. The minimum atomic E-state index is -0.645. The number of hydrogen-bond donors (Lipinski definition) is 0. The van der Waals surface area contributed by atoms with Crippen LogP contribution >= 0.6 is 0 Å². The summed E-state index contributed by atoms with van der Waals surface area (Å²) in [6.07, 6.45) is 0. The number of rotatable bonds is 0. The van der Waals surface area contributed by atoms with Gasteiger partial charge in [-0.15, -0.1) is 0 Å². The van der Waals surface area contributed by atoms with Crippen molar-refractivity contribution in [2.45, 2.75) is 13.8 Å². The van der Waals surface area contributed by atoms with Gasteiger partial charge < -0.3 is 8.83 Å². The predicted molar refractivity (Wildman–Crippen MR) is 50.5 cm³/mol. The standard InChI is InChI=1S/C10H8O4/c1-5-3-7(11)9-8(13-5)4-6(2)14-10(9)12/h3-4H,1-2H3. The second kappa shape index (κ2) is 2.83. The lowest BCUT2D eigenvalue weighted by Crippen LogP contribution is -2.12. The van der Waals surface area contributed by atoms with Crippen molar-refractivity contribution in [3.8, 4) is 0 Å². The highest BCUT2D eigenvalue weighted by molar-refractivity contribution is 5.74. The molecule has 0 aliphatic heterocycles. The van der Waals surface area contributed by atoms with E-state index >= 15 is 0 Å². The molecule has 0 aliphatic carbocycles. The lowest BCUT2D eigenvalue weighted by Gasteiger charge is -1.97. The first kappa shape index (κ1) is 8.74. The molecule has 2 aromatic heterocycles. The van der Waals surface area contributed by atoms with Crippen LogP contribution in [0.2, 0.25) is 0 Å². The van der Waals surface area contributed by atoms with Gasteiger partial charge in [0.2, 0.25) is 0 Å². The van der Waals surface area contributed by atoms with Crippen LogP contribution in [-0.2, 0) is 0 Å². The zero-order valence-corrected chi connectivity index (χ0v) is 7.79. The fourth-order valence-electron chi connectivity index (χ4n) is 1.35. The van der Waals surface area contributed by atoms with Crippen molar-refractivity contribution >= 4 is 11.0 Å². The molecule has 0 fully saturated rings. The molecule has 4 nitrogen and oxygen atoms in total. The molecule has 0 amide bonds. The average Bonchev–Trinajstić information content (AvgIpc) is 1.99. The van der Waals surface area contributed by atoms with Crippen molar-refractivity contribution in [3.63, 3.8) is 0 Å². The first-order valence-electron chi connectivity index (χ1n) is 4.13. The van der Waals surface area contributed by atoms with Gasteiger partial charge in [-0.3, -0.25) is 4.79 Å². The molecule has 0 aliphatic rings. The van der Waals surface area contributed by atoms with Crippen molar-refractivity contribution in [3.05, 3.63) is 44.3 Å². The smallest absolute Gasteiger partial charge is 0.351 e. The highest BCUT2D eigenvalue weighted by atomic mass is 16.4. The van der Waals surface area contributed by atoms with E-state index < -0.39 is 5.63 Å². The quantitative estimate of drug-likeness (QED) is 0.632. The molecule has 0 radical (unpaired) electrons. The van der Waals surface area contributed by atoms with Gasteiger partial charge in [0.25, 0.3) is 0 Å². The zero-order valence-electron chi connectivity index (χ0n) is 7.79. The van der Waals surface area contributed by atoms with E-state index in [0.717, 1.165) is 0 Å². The predicted octanol–water partition coefficient (Wildman–Crippen LogP) is 1.36. The summed E-state index contributed by atoms with van der Waals surface area (Å²) in [5.74, 6) is 0.906. The first-order chi connectivity index (χ1) is 6.58. The molecule has 2 rings (SSSR count). The lowest BCUT2D eigenvalue weighted by molar-refractivity contribution is 0.479. The number of aryl methyl sites for hydroxylation is 2. The topological polar surface area (TPSA) is 60.4 Å². The monoisotopic (exact) mass is 192 g/mol. The van der Waals surface area contributed by atoms with E-state index in [1.807, 2.05) is 0 Å². The Kier molecular flexibility index (Phi) is 1.77. The Labute approximate surface area is 78.8 Å². The average molecular weight is 192 g/mol. The van der Waals surface area contributed by atoms with Crippen molar-refractivity contribution in [2.24, 2.45) is 0 Å². The third-order valence-electron chi connectivity index (χ3n) is 1.89. The molecule has 4 heteroatoms. The Morgan fingerprint density at radius 3 is 2.36 bits per heavy atom. The molecule has 0 N–H and O–H groups in total. The SMILES string of the molecule is Cc1cc2oc(C)cc(=O)c2c(=O)o1. The summed E-state index contributed by atoms with van der Waals surface area (Å²) < 4.78 is 10.0.